The first-order valence-corrected chi connectivity index (χ1v) is 6.32. The fourth-order valence-electron chi connectivity index (χ4n) is 1.39. The summed E-state index contributed by atoms with van der Waals surface area (Å²) in [5.41, 5.74) is 0.893. The molecule has 0 radical (unpaired) electrons. The van der Waals surface area contributed by atoms with Crippen molar-refractivity contribution >= 4 is 5.97 Å². The third-order valence-electron chi connectivity index (χ3n) is 2.41. The second-order valence-corrected chi connectivity index (χ2v) is 4.57. The summed E-state index contributed by atoms with van der Waals surface area (Å²) in [4.78, 5) is 11.8. The molecule has 0 amide bonds. The van der Waals surface area contributed by atoms with Crippen molar-refractivity contribution in [3.63, 3.8) is 0 Å². The normalized spacial score (nSPS) is 11.0. The van der Waals surface area contributed by atoms with Gasteiger partial charge in [0.15, 0.2) is 5.69 Å². The average Bonchev–Trinajstić information content (AvgIpc) is 2.73. The Morgan fingerprint density at radius 2 is 2.16 bits per heavy atom. The van der Waals surface area contributed by atoms with Crippen molar-refractivity contribution < 1.29 is 19.4 Å². The van der Waals surface area contributed by atoms with Gasteiger partial charge in [-0.3, -0.25) is 0 Å². The van der Waals surface area contributed by atoms with Crippen LogP contribution in [-0.2, 0) is 16.0 Å². The lowest BCUT2D eigenvalue weighted by Gasteiger charge is -2.06. The molecule has 0 bridgehead atoms. The number of hydrogen-bond donors (Lipinski definition) is 1. The van der Waals surface area contributed by atoms with Crippen molar-refractivity contribution in [1.29, 1.82) is 0 Å². The van der Waals surface area contributed by atoms with E-state index in [-0.39, 0.29) is 24.8 Å². The zero-order valence-electron chi connectivity index (χ0n) is 11.6. The minimum absolute atomic E-state index is 0.0108. The maximum atomic E-state index is 11.8. The zero-order chi connectivity index (χ0) is 14.3. The van der Waals surface area contributed by atoms with Gasteiger partial charge in [-0.05, 0) is 12.8 Å². The van der Waals surface area contributed by atoms with E-state index in [1.807, 2.05) is 13.8 Å². The molecular weight excluding hydrogens is 250 g/mol. The molecule has 7 heteroatoms. The highest BCUT2D eigenvalue weighted by Gasteiger charge is 2.18. The number of aromatic nitrogens is 3. The van der Waals surface area contributed by atoms with E-state index in [0.29, 0.717) is 25.5 Å². The van der Waals surface area contributed by atoms with E-state index in [1.165, 1.54) is 0 Å². The van der Waals surface area contributed by atoms with Crippen LogP contribution in [0.3, 0.4) is 0 Å². The summed E-state index contributed by atoms with van der Waals surface area (Å²) < 4.78 is 11.8. The van der Waals surface area contributed by atoms with Crippen molar-refractivity contribution in [3.8, 4) is 0 Å². The van der Waals surface area contributed by atoms with E-state index in [0.717, 1.165) is 0 Å². The van der Waals surface area contributed by atoms with E-state index in [9.17, 15) is 4.79 Å². The van der Waals surface area contributed by atoms with Gasteiger partial charge in [0.1, 0.15) is 0 Å². The molecule has 19 heavy (non-hydrogen) atoms. The minimum Gasteiger partial charge on any atom is -0.461 e. The van der Waals surface area contributed by atoms with Gasteiger partial charge < -0.3 is 14.6 Å². The maximum Gasteiger partial charge on any atom is 0.360 e. The Morgan fingerprint density at radius 1 is 1.42 bits per heavy atom. The molecule has 1 heterocycles. The smallest absolute Gasteiger partial charge is 0.360 e. The Labute approximate surface area is 112 Å². The van der Waals surface area contributed by atoms with Gasteiger partial charge in [0.2, 0.25) is 0 Å². The second kappa shape index (κ2) is 7.85. The van der Waals surface area contributed by atoms with Gasteiger partial charge in [-0.15, -0.1) is 5.10 Å². The van der Waals surface area contributed by atoms with E-state index >= 15 is 0 Å². The second-order valence-electron chi connectivity index (χ2n) is 4.57. The zero-order valence-corrected chi connectivity index (χ0v) is 11.6. The SMILES string of the molecule is Cc1c(C(=O)OCC(C)C)nnn1CCOCCO. The molecule has 0 saturated carbocycles. The first-order valence-electron chi connectivity index (χ1n) is 6.32. The summed E-state index contributed by atoms with van der Waals surface area (Å²) in [6.45, 7) is 7.23. The minimum atomic E-state index is -0.450. The van der Waals surface area contributed by atoms with Gasteiger partial charge in [0.25, 0.3) is 0 Å². The number of esters is 1. The van der Waals surface area contributed by atoms with Crippen LogP contribution in [0, 0.1) is 12.8 Å². The van der Waals surface area contributed by atoms with Crippen LogP contribution >= 0.6 is 0 Å². The summed E-state index contributed by atoms with van der Waals surface area (Å²) in [7, 11) is 0. The van der Waals surface area contributed by atoms with Crippen molar-refractivity contribution in [2.75, 3.05) is 26.4 Å². The lowest BCUT2D eigenvalue weighted by molar-refractivity contribution is 0.0451. The first kappa shape index (κ1) is 15.6. The van der Waals surface area contributed by atoms with E-state index in [2.05, 4.69) is 10.3 Å². The van der Waals surface area contributed by atoms with Crippen LogP contribution in [0.1, 0.15) is 30.0 Å². The maximum absolute atomic E-state index is 11.8. The fraction of sp³-hybridized carbons (Fsp3) is 0.750. The van der Waals surface area contributed by atoms with Crippen molar-refractivity contribution in [2.24, 2.45) is 5.92 Å². The molecule has 0 saturated heterocycles. The van der Waals surface area contributed by atoms with Crippen LogP contribution in [0.15, 0.2) is 0 Å². The highest BCUT2D eigenvalue weighted by molar-refractivity contribution is 5.88. The summed E-state index contributed by atoms with van der Waals surface area (Å²) in [5, 5.41) is 16.3. The van der Waals surface area contributed by atoms with Gasteiger partial charge in [0, 0.05) is 0 Å². The molecule has 0 unspecified atom stereocenters. The standard InChI is InChI=1S/C12H21N3O4/c1-9(2)8-19-12(17)11-10(3)15(14-13-11)4-6-18-7-5-16/h9,16H,4-8H2,1-3H3. The molecule has 1 aromatic rings. The van der Waals surface area contributed by atoms with Crippen molar-refractivity contribution in [2.45, 2.75) is 27.3 Å². The molecule has 0 spiro atoms. The Kier molecular flexibility index (Phi) is 6.44. The number of aliphatic hydroxyl groups is 1. The van der Waals surface area contributed by atoms with Crippen LogP contribution in [0.5, 0.6) is 0 Å². The molecule has 7 nitrogen and oxygen atoms in total. The molecule has 0 aliphatic heterocycles. The average molecular weight is 271 g/mol. The van der Waals surface area contributed by atoms with Gasteiger partial charge in [-0.2, -0.15) is 0 Å². The third-order valence-corrected chi connectivity index (χ3v) is 2.41. The molecule has 108 valence electrons. The molecule has 1 aromatic heterocycles. The lowest BCUT2D eigenvalue weighted by atomic mass is 10.2. The van der Waals surface area contributed by atoms with Gasteiger partial charge in [-0.25, -0.2) is 9.48 Å². The summed E-state index contributed by atoms with van der Waals surface area (Å²) in [6.07, 6.45) is 0. The molecule has 1 rings (SSSR count). The Morgan fingerprint density at radius 3 is 2.79 bits per heavy atom. The topological polar surface area (TPSA) is 86.5 Å². The van der Waals surface area contributed by atoms with Crippen molar-refractivity contribution in [3.05, 3.63) is 11.4 Å². The molecule has 0 atom stereocenters. The highest BCUT2D eigenvalue weighted by Crippen LogP contribution is 2.06. The number of carbonyl (C=O) groups excluding carboxylic acids is 1. The number of rotatable bonds is 8. The molecule has 0 aliphatic carbocycles. The van der Waals surface area contributed by atoms with Crippen LogP contribution in [0.25, 0.3) is 0 Å². The highest BCUT2D eigenvalue weighted by atomic mass is 16.5. The molecular formula is C12H21N3O4. The molecule has 0 fully saturated rings. The third kappa shape index (κ3) is 4.96. The number of carbonyl (C=O) groups is 1. The monoisotopic (exact) mass is 271 g/mol. The van der Waals surface area contributed by atoms with Gasteiger partial charge in [0.05, 0.1) is 38.7 Å². The summed E-state index contributed by atoms with van der Waals surface area (Å²) in [5.74, 6) is -0.167. The number of ether oxygens (including phenoxy) is 2. The quantitative estimate of drug-likeness (QED) is 0.544. The number of nitrogens with zero attached hydrogens (tertiary/aromatic N) is 3. The Hall–Kier alpha value is -1.47. The number of hydrogen-bond acceptors (Lipinski definition) is 6. The van der Waals surface area contributed by atoms with E-state index < -0.39 is 5.97 Å². The largest absolute Gasteiger partial charge is 0.461 e. The Bertz CT molecular complexity index is 404. The lowest BCUT2D eigenvalue weighted by Crippen LogP contribution is -2.13. The predicted octanol–water partition coefficient (Wildman–Crippen LogP) is 0.408. The van der Waals surface area contributed by atoms with Crippen LogP contribution in [-0.4, -0.2) is 52.5 Å². The fourth-order valence-corrected chi connectivity index (χ4v) is 1.39. The summed E-state index contributed by atoms with van der Waals surface area (Å²) in [6, 6.07) is 0. The van der Waals surface area contributed by atoms with Gasteiger partial charge in [-0.1, -0.05) is 19.1 Å². The van der Waals surface area contributed by atoms with Crippen LogP contribution < -0.4 is 0 Å². The Balaban J connectivity index is 2.52. The van der Waals surface area contributed by atoms with Gasteiger partial charge >= 0.3 is 5.97 Å². The molecule has 0 aromatic carbocycles. The summed E-state index contributed by atoms with van der Waals surface area (Å²) >= 11 is 0. The predicted molar refractivity (Wildman–Crippen MR) is 67.8 cm³/mol. The van der Waals surface area contributed by atoms with Crippen LogP contribution in [0.4, 0.5) is 0 Å². The molecule has 0 aliphatic rings. The molecule has 1 N–H and O–H groups in total. The number of aliphatic hydroxyl groups excluding tert-OH is 1. The van der Waals surface area contributed by atoms with E-state index in [4.69, 9.17) is 14.6 Å². The van der Waals surface area contributed by atoms with Crippen molar-refractivity contribution in [1.82, 2.24) is 15.0 Å². The van der Waals surface area contributed by atoms with E-state index in [1.54, 1.807) is 11.6 Å². The van der Waals surface area contributed by atoms with Crippen LogP contribution in [0.2, 0.25) is 0 Å². The first-order chi connectivity index (χ1) is 9.06.